The first-order chi connectivity index (χ1) is 14.0. The molecule has 3 aromatic rings. The zero-order valence-electron chi connectivity index (χ0n) is 14.9. The lowest BCUT2D eigenvalue weighted by Gasteiger charge is -2.28. The number of thiocarbonyl (C=S) groups is 1. The summed E-state index contributed by atoms with van der Waals surface area (Å²) in [5.74, 6) is -0.936. The van der Waals surface area contributed by atoms with E-state index in [1.54, 1.807) is 41.7 Å². The van der Waals surface area contributed by atoms with E-state index in [4.69, 9.17) is 23.8 Å². The molecule has 2 amide bonds. The molecule has 0 unspecified atom stereocenters. The largest absolute Gasteiger partial charge is 0.298 e. The van der Waals surface area contributed by atoms with Gasteiger partial charge in [0.1, 0.15) is 5.57 Å². The number of amides is 2. The van der Waals surface area contributed by atoms with Crippen LogP contribution in [0.5, 0.6) is 0 Å². The normalized spacial score (nSPS) is 16.8. The number of benzene rings is 2. The van der Waals surface area contributed by atoms with Crippen molar-refractivity contribution in [3.63, 3.8) is 0 Å². The number of anilines is 1. The first kappa shape index (κ1) is 18.2. The quantitative estimate of drug-likeness (QED) is 0.279. The molecule has 5 rings (SSSR count). The van der Waals surface area contributed by atoms with Gasteiger partial charge in [-0.2, -0.15) is 0 Å². The monoisotopic (exact) mass is 436 g/mol. The fourth-order valence-corrected chi connectivity index (χ4v) is 5.17. The van der Waals surface area contributed by atoms with Crippen LogP contribution in [0.1, 0.15) is 15.3 Å². The molecule has 2 heterocycles. The van der Waals surface area contributed by atoms with Gasteiger partial charge in [0.05, 0.1) is 5.69 Å². The molecule has 2 aliphatic rings. The highest BCUT2D eigenvalue weighted by Crippen LogP contribution is 2.42. The van der Waals surface area contributed by atoms with E-state index in [1.165, 1.54) is 26.5 Å². The molecule has 1 N–H and O–H groups in total. The van der Waals surface area contributed by atoms with Gasteiger partial charge in [0, 0.05) is 21.2 Å². The molecule has 2 aromatic carbocycles. The third-order valence-corrected chi connectivity index (χ3v) is 6.58. The number of nitrogens with zero attached hydrogens (tertiary/aromatic N) is 1. The number of carbonyl (C=O) groups excluding carboxylic acids is 2. The number of fused-ring (bicyclic) bond motifs is 3. The van der Waals surface area contributed by atoms with Crippen LogP contribution in [-0.4, -0.2) is 16.9 Å². The predicted molar refractivity (Wildman–Crippen MR) is 120 cm³/mol. The fourth-order valence-electron chi connectivity index (χ4n) is 3.61. The number of hydrogen-bond acceptors (Lipinski definition) is 4. The maximum atomic E-state index is 13.1. The van der Waals surface area contributed by atoms with E-state index in [0.29, 0.717) is 10.7 Å². The Morgan fingerprint density at radius 3 is 2.62 bits per heavy atom. The van der Waals surface area contributed by atoms with Crippen LogP contribution in [0.25, 0.3) is 17.2 Å². The van der Waals surface area contributed by atoms with Gasteiger partial charge in [0.2, 0.25) is 0 Å². The maximum Gasteiger partial charge on any atom is 0.270 e. The molecule has 0 atom stereocenters. The van der Waals surface area contributed by atoms with Gasteiger partial charge < -0.3 is 0 Å². The van der Waals surface area contributed by atoms with Crippen LogP contribution in [-0.2, 0) is 16.0 Å². The number of halogens is 1. The molecule has 1 saturated heterocycles. The number of thiophene rings is 1. The Morgan fingerprint density at radius 1 is 1.07 bits per heavy atom. The molecule has 1 aliphatic heterocycles. The van der Waals surface area contributed by atoms with E-state index in [0.717, 1.165) is 11.3 Å². The Morgan fingerprint density at radius 2 is 1.83 bits per heavy atom. The zero-order valence-corrected chi connectivity index (χ0v) is 17.3. The maximum absolute atomic E-state index is 13.1. The molecule has 7 heteroatoms. The summed E-state index contributed by atoms with van der Waals surface area (Å²) < 4.78 is 0. The van der Waals surface area contributed by atoms with Crippen molar-refractivity contribution in [3.05, 3.63) is 80.5 Å². The highest BCUT2D eigenvalue weighted by atomic mass is 35.5. The van der Waals surface area contributed by atoms with Gasteiger partial charge in [-0.15, -0.1) is 11.3 Å². The second kappa shape index (κ2) is 6.91. The van der Waals surface area contributed by atoms with Crippen LogP contribution < -0.4 is 10.2 Å². The lowest BCUT2D eigenvalue weighted by Crippen LogP contribution is -2.54. The highest BCUT2D eigenvalue weighted by molar-refractivity contribution is 7.80. The van der Waals surface area contributed by atoms with Crippen molar-refractivity contribution >= 4 is 63.8 Å². The average Bonchev–Trinajstić information content (AvgIpc) is 3.24. The predicted octanol–water partition coefficient (Wildman–Crippen LogP) is 4.80. The number of carbonyl (C=O) groups is 2. The Balaban J connectivity index is 1.52. The number of rotatable bonds is 2. The summed E-state index contributed by atoms with van der Waals surface area (Å²) in [7, 11) is 0. The molecule has 1 fully saturated rings. The van der Waals surface area contributed by atoms with Crippen molar-refractivity contribution in [1.29, 1.82) is 0 Å². The van der Waals surface area contributed by atoms with Gasteiger partial charge in [-0.05, 0) is 65.3 Å². The van der Waals surface area contributed by atoms with E-state index >= 15 is 0 Å². The summed E-state index contributed by atoms with van der Waals surface area (Å²) in [5.41, 5.74) is 4.30. The van der Waals surface area contributed by atoms with E-state index in [-0.39, 0.29) is 10.7 Å². The molecule has 1 aliphatic carbocycles. The van der Waals surface area contributed by atoms with E-state index in [9.17, 15) is 9.59 Å². The van der Waals surface area contributed by atoms with E-state index in [1.807, 2.05) is 18.2 Å². The minimum atomic E-state index is -0.487. The number of nitrogens with one attached hydrogen (secondary N) is 1. The van der Waals surface area contributed by atoms with Crippen molar-refractivity contribution in [1.82, 2.24) is 5.32 Å². The Bertz CT molecular complexity index is 1230. The van der Waals surface area contributed by atoms with Crippen molar-refractivity contribution in [2.75, 3.05) is 4.90 Å². The van der Waals surface area contributed by atoms with Crippen LogP contribution in [0.4, 0.5) is 5.69 Å². The first-order valence-corrected chi connectivity index (χ1v) is 10.5. The molecule has 1 aromatic heterocycles. The fraction of sp³-hybridized carbons (Fsp3) is 0.0455. The zero-order chi connectivity index (χ0) is 20.1. The van der Waals surface area contributed by atoms with Crippen molar-refractivity contribution in [2.45, 2.75) is 6.42 Å². The van der Waals surface area contributed by atoms with Crippen LogP contribution in [0.2, 0.25) is 5.02 Å². The molecule has 0 radical (unpaired) electrons. The Labute approximate surface area is 181 Å². The van der Waals surface area contributed by atoms with Gasteiger partial charge in [-0.3, -0.25) is 19.8 Å². The summed E-state index contributed by atoms with van der Waals surface area (Å²) in [5, 5.41) is 3.22. The molecule has 142 valence electrons. The highest BCUT2D eigenvalue weighted by Gasteiger charge is 2.34. The second-order valence-corrected chi connectivity index (χ2v) is 8.75. The SMILES string of the molecule is O=C1NC(=S)N(c2ccc(Cl)cc2)C(=O)/C1=C/c1cc2c(s1)Cc1ccccc1-2. The summed E-state index contributed by atoms with van der Waals surface area (Å²) >= 11 is 12.8. The standard InChI is InChI=1S/C22H13ClN2O2S2/c23-13-5-7-14(8-6-13)25-21(27)18(20(26)24-22(25)28)11-15-10-17-16-4-2-1-3-12(16)9-19(17)29-15/h1-8,10-11H,9H2,(H,24,26,28)/b18-11+. The Hall–Kier alpha value is -2.80. The van der Waals surface area contributed by atoms with Crippen LogP contribution >= 0.6 is 35.2 Å². The summed E-state index contributed by atoms with van der Waals surface area (Å²) in [6.45, 7) is 0. The number of hydrogen-bond donors (Lipinski definition) is 1. The molecule has 0 saturated carbocycles. The van der Waals surface area contributed by atoms with Crippen molar-refractivity contribution in [2.24, 2.45) is 0 Å². The van der Waals surface area contributed by atoms with Crippen LogP contribution in [0.15, 0.2) is 60.2 Å². The molecular formula is C22H13ClN2O2S2. The topological polar surface area (TPSA) is 49.4 Å². The molecular weight excluding hydrogens is 424 g/mol. The van der Waals surface area contributed by atoms with Gasteiger partial charge >= 0.3 is 0 Å². The third-order valence-electron chi connectivity index (χ3n) is 4.96. The van der Waals surface area contributed by atoms with Gasteiger partial charge in [-0.1, -0.05) is 35.9 Å². The van der Waals surface area contributed by atoms with Gasteiger partial charge in [-0.25, -0.2) is 0 Å². The summed E-state index contributed by atoms with van der Waals surface area (Å²) in [4.78, 5) is 29.0. The van der Waals surface area contributed by atoms with Crippen molar-refractivity contribution < 1.29 is 9.59 Å². The lowest BCUT2D eigenvalue weighted by molar-refractivity contribution is -0.122. The molecule has 4 nitrogen and oxygen atoms in total. The van der Waals surface area contributed by atoms with Gasteiger partial charge in [0.15, 0.2) is 5.11 Å². The molecule has 0 spiro atoms. The lowest BCUT2D eigenvalue weighted by atomic mass is 10.1. The van der Waals surface area contributed by atoms with Crippen LogP contribution in [0.3, 0.4) is 0 Å². The Kier molecular flexibility index (Phi) is 4.35. The molecule has 0 bridgehead atoms. The minimum Gasteiger partial charge on any atom is -0.298 e. The second-order valence-electron chi connectivity index (χ2n) is 6.75. The first-order valence-electron chi connectivity index (χ1n) is 8.89. The van der Waals surface area contributed by atoms with E-state index in [2.05, 4.69) is 17.4 Å². The van der Waals surface area contributed by atoms with Gasteiger partial charge in [0.25, 0.3) is 11.8 Å². The summed E-state index contributed by atoms with van der Waals surface area (Å²) in [6.07, 6.45) is 2.52. The van der Waals surface area contributed by atoms with E-state index < -0.39 is 11.8 Å². The third kappa shape index (κ3) is 3.09. The smallest absolute Gasteiger partial charge is 0.270 e. The van der Waals surface area contributed by atoms with Crippen molar-refractivity contribution in [3.8, 4) is 11.1 Å². The summed E-state index contributed by atoms with van der Waals surface area (Å²) in [6, 6.07) is 17.1. The average molecular weight is 437 g/mol. The minimum absolute atomic E-state index is 0.0572. The van der Waals surface area contributed by atoms with Crippen LogP contribution in [0, 0.1) is 0 Å². The molecule has 29 heavy (non-hydrogen) atoms.